The molecule has 0 fully saturated rings. The number of nitrogens with one attached hydrogen (secondary N) is 2. The van der Waals surface area contributed by atoms with Gasteiger partial charge in [-0.05, 0) is 51.4 Å². The lowest BCUT2D eigenvalue weighted by molar-refractivity contribution is -0.115. The molecule has 1 heterocycles. The van der Waals surface area contributed by atoms with Gasteiger partial charge in [0.1, 0.15) is 0 Å². The predicted molar refractivity (Wildman–Crippen MR) is 106 cm³/mol. The molecule has 0 aliphatic heterocycles. The number of rotatable bonds is 7. The Labute approximate surface area is 161 Å². The summed E-state index contributed by atoms with van der Waals surface area (Å²) in [6.07, 6.45) is 0.192. The van der Waals surface area contributed by atoms with Gasteiger partial charge in [-0.2, -0.15) is 5.10 Å². The maximum Gasteiger partial charge on any atom is 0.240 e. The van der Waals surface area contributed by atoms with Gasteiger partial charge < -0.3 is 5.32 Å². The number of carbonyl (C=O) groups is 1. The van der Waals surface area contributed by atoms with E-state index in [1.807, 2.05) is 18.5 Å². The first kappa shape index (κ1) is 21.1. The van der Waals surface area contributed by atoms with Gasteiger partial charge in [0.25, 0.3) is 0 Å². The molecular weight excluding hydrogens is 364 g/mol. The molecule has 0 spiro atoms. The Bertz CT molecular complexity index is 946. The Balaban J connectivity index is 2.20. The summed E-state index contributed by atoms with van der Waals surface area (Å²) in [6.45, 7) is 10.6. The van der Waals surface area contributed by atoms with E-state index >= 15 is 0 Å². The topological polar surface area (TPSA) is 93.1 Å². The average Bonchev–Trinajstić information content (AvgIpc) is 2.83. The molecule has 0 bridgehead atoms. The molecule has 0 unspecified atom stereocenters. The predicted octanol–water partition coefficient (Wildman–Crippen LogP) is 2.55. The van der Waals surface area contributed by atoms with Crippen molar-refractivity contribution < 1.29 is 13.2 Å². The summed E-state index contributed by atoms with van der Waals surface area (Å²) in [5, 5.41) is 7.32. The zero-order valence-corrected chi connectivity index (χ0v) is 17.6. The van der Waals surface area contributed by atoms with E-state index in [9.17, 15) is 13.2 Å². The third-order valence-electron chi connectivity index (χ3n) is 4.44. The van der Waals surface area contributed by atoms with Crippen molar-refractivity contribution >= 4 is 21.6 Å². The summed E-state index contributed by atoms with van der Waals surface area (Å²) in [5.41, 5.74) is 3.79. The summed E-state index contributed by atoms with van der Waals surface area (Å²) in [5.74, 6) is 0.256. The van der Waals surface area contributed by atoms with Gasteiger partial charge in [0.05, 0.1) is 17.0 Å². The van der Waals surface area contributed by atoms with E-state index in [2.05, 4.69) is 29.0 Å². The summed E-state index contributed by atoms with van der Waals surface area (Å²) in [6, 6.07) is 4.85. The van der Waals surface area contributed by atoms with Crippen LogP contribution in [0.15, 0.2) is 23.1 Å². The fraction of sp³-hybridized carbons (Fsp3) is 0.474. The van der Waals surface area contributed by atoms with Gasteiger partial charge in [0, 0.05) is 23.5 Å². The number of hydrogen-bond acceptors (Lipinski definition) is 4. The van der Waals surface area contributed by atoms with Crippen molar-refractivity contribution in [2.75, 3.05) is 12.4 Å². The molecule has 0 saturated carbocycles. The van der Waals surface area contributed by atoms with Crippen LogP contribution in [0.3, 0.4) is 0 Å². The molecule has 0 atom stereocenters. The summed E-state index contributed by atoms with van der Waals surface area (Å²) in [4.78, 5) is 12.7. The summed E-state index contributed by atoms with van der Waals surface area (Å²) in [7, 11) is -2.22. The van der Waals surface area contributed by atoms with Crippen LogP contribution in [0.4, 0.5) is 5.69 Å². The summed E-state index contributed by atoms with van der Waals surface area (Å²) < 4.78 is 28.4. The Morgan fingerprint density at radius 2 is 1.89 bits per heavy atom. The Morgan fingerprint density at radius 1 is 1.22 bits per heavy atom. The number of aryl methyl sites for hydroxylation is 2. The highest BCUT2D eigenvalue weighted by molar-refractivity contribution is 7.89. The lowest BCUT2D eigenvalue weighted by atomic mass is 10.1. The fourth-order valence-electron chi connectivity index (χ4n) is 2.96. The molecule has 2 aromatic rings. The van der Waals surface area contributed by atoms with Gasteiger partial charge in [0.15, 0.2) is 0 Å². The van der Waals surface area contributed by atoms with Gasteiger partial charge in [-0.25, -0.2) is 13.1 Å². The highest BCUT2D eigenvalue weighted by Gasteiger charge is 2.18. The van der Waals surface area contributed by atoms with Crippen molar-refractivity contribution in [3.63, 3.8) is 0 Å². The van der Waals surface area contributed by atoms with Crippen LogP contribution < -0.4 is 10.0 Å². The standard InChI is InChI=1S/C19H28N4O3S/c1-12(2)11-23-15(5)17(14(4)22-23)10-19(24)21-16-8-7-13(3)18(9-16)27(25,26)20-6/h7-9,12,20H,10-11H2,1-6H3,(H,21,24). The maximum absolute atomic E-state index is 12.5. The molecule has 1 aromatic heterocycles. The second kappa shape index (κ2) is 8.22. The lowest BCUT2D eigenvalue weighted by Gasteiger charge is -2.11. The quantitative estimate of drug-likeness (QED) is 0.757. The van der Waals surface area contributed by atoms with Crippen molar-refractivity contribution in [2.24, 2.45) is 5.92 Å². The first-order chi connectivity index (χ1) is 12.5. The Morgan fingerprint density at radius 3 is 2.48 bits per heavy atom. The fourth-order valence-corrected chi connectivity index (χ4v) is 3.95. The third-order valence-corrected chi connectivity index (χ3v) is 5.99. The monoisotopic (exact) mass is 392 g/mol. The van der Waals surface area contributed by atoms with Crippen LogP contribution >= 0.6 is 0 Å². The van der Waals surface area contributed by atoms with E-state index in [0.717, 1.165) is 23.5 Å². The molecular formula is C19H28N4O3S. The summed E-state index contributed by atoms with van der Waals surface area (Å²) >= 11 is 0. The Kier molecular flexibility index (Phi) is 6.43. The minimum Gasteiger partial charge on any atom is -0.326 e. The first-order valence-corrected chi connectivity index (χ1v) is 10.4. The van der Waals surface area contributed by atoms with Crippen molar-refractivity contribution in [3.05, 3.63) is 40.7 Å². The molecule has 2 N–H and O–H groups in total. The van der Waals surface area contributed by atoms with E-state index in [-0.39, 0.29) is 17.2 Å². The number of benzene rings is 1. The van der Waals surface area contributed by atoms with Crippen molar-refractivity contribution in [1.82, 2.24) is 14.5 Å². The van der Waals surface area contributed by atoms with E-state index in [0.29, 0.717) is 17.2 Å². The van der Waals surface area contributed by atoms with Crippen molar-refractivity contribution in [2.45, 2.75) is 52.5 Å². The second-order valence-electron chi connectivity index (χ2n) is 7.14. The minimum absolute atomic E-state index is 0.153. The molecule has 2 rings (SSSR count). The maximum atomic E-state index is 12.5. The van der Waals surface area contributed by atoms with Gasteiger partial charge in [-0.1, -0.05) is 19.9 Å². The van der Waals surface area contributed by atoms with Gasteiger partial charge in [0.2, 0.25) is 15.9 Å². The van der Waals surface area contributed by atoms with E-state index in [4.69, 9.17) is 0 Å². The zero-order valence-electron chi connectivity index (χ0n) is 16.8. The molecule has 148 valence electrons. The van der Waals surface area contributed by atoms with Crippen LogP contribution in [0, 0.1) is 26.7 Å². The molecule has 0 saturated heterocycles. The number of hydrogen-bond donors (Lipinski definition) is 2. The van der Waals surface area contributed by atoms with Crippen LogP contribution in [0.25, 0.3) is 0 Å². The smallest absolute Gasteiger partial charge is 0.240 e. The largest absolute Gasteiger partial charge is 0.326 e. The zero-order chi connectivity index (χ0) is 20.4. The van der Waals surface area contributed by atoms with Gasteiger partial charge >= 0.3 is 0 Å². The van der Waals surface area contributed by atoms with Crippen LogP contribution in [-0.4, -0.2) is 31.2 Å². The molecule has 8 heteroatoms. The highest BCUT2D eigenvalue weighted by atomic mass is 32.2. The van der Waals surface area contributed by atoms with Crippen molar-refractivity contribution in [1.29, 1.82) is 0 Å². The third kappa shape index (κ3) is 4.95. The number of aromatic nitrogens is 2. The molecule has 0 aliphatic carbocycles. The van der Waals surface area contributed by atoms with Gasteiger partial charge in [-0.3, -0.25) is 9.48 Å². The Hall–Kier alpha value is -2.19. The molecule has 0 radical (unpaired) electrons. The second-order valence-corrected chi connectivity index (χ2v) is 8.99. The number of nitrogens with zero attached hydrogens (tertiary/aromatic N) is 2. The molecule has 1 amide bonds. The normalized spacial score (nSPS) is 11.8. The number of carbonyl (C=O) groups excluding carboxylic acids is 1. The number of sulfonamides is 1. The lowest BCUT2D eigenvalue weighted by Crippen LogP contribution is -2.20. The molecule has 1 aromatic carbocycles. The average molecular weight is 393 g/mol. The molecule has 7 nitrogen and oxygen atoms in total. The van der Waals surface area contributed by atoms with E-state index in [1.54, 1.807) is 19.1 Å². The minimum atomic E-state index is -3.58. The van der Waals surface area contributed by atoms with E-state index < -0.39 is 10.0 Å². The first-order valence-electron chi connectivity index (χ1n) is 8.92. The highest BCUT2D eigenvalue weighted by Crippen LogP contribution is 2.21. The van der Waals surface area contributed by atoms with Crippen LogP contribution in [0.1, 0.15) is 36.4 Å². The van der Waals surface area contributed by atoms with Crippen LogP contribution in [0.2, 0.25) is 0 Å². The molecule has 27 heavy (non-hydrogen) atoms. The van der Waals surface area contributed by atoms with Crippen LogP contribution in [-0.2, 0) is 27.8 Å². The van der Waals surface area contributed by atoms with E-state index in [1.165, 1.54) is 13.1 Å². The number of anilines is 1. The van der Waals surface area contributed by atoms with Crippen molar-refractivity contribution in [3.8, 4) is 0 Å². The van der Waals surface area contributed by atoms with Crippen LogP contribution in [0.5, 0.6) is 0 Å². The SMILES string of the molecule is CNS(=O)(=O)c1cc(NC(=O)Cc2c(C)nn(CC(C)C)c2C)ccc1C. The molecule has 0 aliphatic rings. The number of amides is 1. The van der Waals surface area contributed by atoms with Gasteiger partial charge in [-0.15, -0.1) is 0 Å².